The number of thiophene rings is 1. The van der Waals surface area contributed by atoms with Crippen molar-refractivity contribution < 1.29 is 0 Å². The van der Waals surface area contributed by atoms with E-state index in [4.69, 9.17) is 0 Å². The SMILES string of the molecule is CC1C=Cc2cc(C(C)C)sc2C=C1. The molecule has 1 aromatic rings. The first-order chi connectivity index (χ1) is 6.66. The first-order valence-electron chi connectivity index (χ1n) is 5.17. The molecule has 14 heavy (non-hydrogen) atoms. The van der Waals surface area contributed by atoms with Gasteiger partial charge in [-0.1, -0.05) is 39.0 Å². The summed E-state index contributed by atoms with van der Waals surface area (Å²) in [7, 11) is 0. The molecule has 0 nitrogen and oxygen atoms in total. The lowest BCUT2D eigenvalue weighted by atomic mass is 10.1. The lowest BCUT2D eigenvalue weighted by Crippen LogP contribution is -1.79. The second kappa shape index (κ2) is 3.74. The fourth-order valence-corrected chi connectivity index (χ4v) is 2.61. The Kier molecular flexibility index (Phi) is 2.60. The molecule has 0 fully saturated rings. The summed E-state index contributed by atoms with van der Waals surface area (Å²) in [6.45, 7) is 6.72. The molecule has 1 unspecified atom stereocenters. The van der Waals surface area contributed by atoms with E-state index in [0.29, 0.717) is 11.8 Å². The molecule has 1 aliphatic rings. The molecule has 0 aliphatic heterocycles. The van der Waals surface area contributed by atoms with Crippen LogP contribution >= 0.6 is 11.3 Å². The molecular formula is C13H16S. The predicted molar refractivity (Wildman–Crippen MR) is 65.6 cm³/mol. The van der Waals surface area contributed by atoms with Gasteiger partial charge in [-0.15, -0.1) is 11.3 Å². The van der Waals surface area contributed by atoms with E-state index in [9.17, 15) is 0 Å². The highest BCUT2D eigenvalue weighted by atomic mass is 32.1. The highest BCUT2D eigenvalue weighted by molar-refractivity contribution is 7.13. The number of fused-ring (bicyclic) bond motifs is 1. The molecule has 1 aromatic heterocycles. The van der Waals surface area contributed by atoms with Gasteiger partial charge in [0.2, 0.25) is 0 Å². The zero-order chi connectivity index (χ0) is 10.1. The highest BCUT2D eigenvalue weighted by Gasteiger charge is 2.09. The Labute approximate surface area is 90.0 Å². The Hall–Kier alpha value is -0.820. The summed E-state index contributed by atoms with van der Waals surface area (Å²) in [5.74, 6) is 1.21. The minimum Gasteiger partial charge on any atom is -0.140 e. The molecule has 74 valence electrons. The van der Waals surface area contributed by atoms with E-state index >= 15 is 0 Å². The van der Waals surface area contributed by atoms with E-state index in [1.807, 2.05) is 11.3 Å². The number of allylic oxidation sites excluding steroid dienone is 2. The van der Waals surface area contributed by atoms with Crippen LogP contribution in [0.3, 0.4) is 0 Å². The molecule has 2 rings (SSSR count). The third-order valence-electron chi connectivity index (χ3n) is 2.51. The fraction of sp³-hybridized carbons (Fsp3) is 0.385. The predicted octanol–water partition coefficient (Wildman–Crippen LogP) is 4.55. The maximum absolute atomic E-state index is 2.32. The minimum absolute atomic E-state index is 0.567. The fourth-order valence-electron chi connectivity index (χ4n) is 1.54. The van der Waals surface area contributed by atoms with Crippen molar-refractivity contribution in [3.63, 3.8) is 0 Å². The molecule has 0 saturated heterocycles. The monoisotopic (exact) mass is 204 g/mol. The molecule has 1 aliphatic carbocycles. The van der Waals surface area contributed by atoms with Crippen molar-refractivity contribution in [1.29, 1.82) is 0 Å². The molecule has 1 atom stereocenters. The maximum Gasteiger partial charge on any atom is 0.0342 e. The van der Waals surface area contributed by atoms with Gasteiger partial charge < -0.3 is 0 Å². The van der Waals surface area contributed by atoms with Crippen molar-refractivity contribution >= 4 is 23.5 Å². The average Bonchev–Trinajstić information content (AvgIpc) is 2.48. The van der Waals surface area contributed by atoms with Gasteiger partial charge in [0.05, 0.1) is 0 Å². The van der Waals surface area contributed by atoms with Crippen LogP contribution in [-0.4, -0.2) is 0 Å². The van der Waals surface area contributed by atoms with Gasteiger partial charge in [0.25, 0.3) is 0 Å². The number of rotatable bonds is 1. The molecule has 0 N–H and O–H groups in total. The summed E-state index contributed by atoms with van der Waals surface area (Å²) in [4.78, 5) is 2.90. The van der Waals surface area contributed by atoms with Crippen molar-refractivity contribution in [3.8, 4) is 0 Å². The molecule has 1 heterocycles. The quantitative estimate of drug-likeness (QED) is 0.629. The van der Waals surface area contributed by atoms with Crippen molar-refractivity contribution in [2.45, 2.75) is 26.7 Å². The summed E-state index contributed by atoms with van der Waals surface area (Å²) in [5.41, 5.74) is 1.39. The molecule has 0 spiro atoms. The molecule has 0 saturated carbocycles. The van der Waals surface area contributed by atoms with Crippen molar-refractivity contribution in [3.05, 3.63) is 33.5 Å². The van der Waals surface area contributed by atoms with Crippen LogP contribution in [0.25, 0.3) is 12.2 Å². The van der Waals surface area contributed by atoms with Gasteiger partial charge in [-0.3, -0.25) is 0 Å². The summed E-state index contributed by atoms with van der Waals surface area (Å²) in [6.07, 6.45) is 9.04. The van der Waals surface area contributed by atoms with Gasteiger partial charge >= 0.3 is 0 Å². The second-order valence-electron chi connectivity index (χ2n) is 4.20. The number of hydrogen-bond acceptors (Lipinski definition) is 1. The molecular weight excluding hydrogens is 188 g/mol. The van der Waals surface area contributed by atoms with E-state index in [0.717, 1.165) is 0 Å². The van der Waals surface area contributed by atoms with Crippen LogP contribution in [0, 0.1) is 5.92 Å². The standard InChI is InChI=1S/C13H16S/c1-9(2)13-8-11-6-4-10(3)5-7-12(11)14-13/h4-10H,1-3H3. The lowest BCUT2D eigenvalue weighted by molar-refractivity contribution is 0.889. The largest absolute Gasteiger partial charge is 0.140 e. The minimum atomic E-state index is 0.567. The topological polar surface area (TPSA) is 0 Å². The molecule has 0 aromatic carbocycles. The van der Waals surface area contributed by atoms with Gasteiger partial charge in [-0.2, -0.15) is 0 Å². The molecule has 0 bridgehead atoms. The third-order valence-corrected chi connectivity index (χ3v) is 3.93. The van der Waals surface area contributed by atoms with Crippen molar-refractivity contribution in [2.75, 3.05) is 0 Å². The Morgan fingerprint density at radius 1 is 1.21 bits per heavy atom. The van der Waals surface area contributed by atoms with E-state index in [1.165, 1.54) is 15.3 Å². The van der Waals surface area contributed by atoms with Crippen LogP contribution in [0.4, 0.5) is 0 Å². The first-order valence-corrected chi connectivity index (χ1v) is 5.98. The lowest BCUT2D eigenvalue weighted by Gasteiger charge is -1.97. The molecule has 0 amide bonds. The average molecular weight is 204 g/mol. The van der Waals surface area contributed by atoms with Gasteiger partial charge in [-0.25, -0.2) is 0 Å². The first kappa shape index (κ1) is 9.72. The van der Waals surface area contributed by atoms with E-state index in [1.54, 1.807) is 0 Å². The van der Waals surface area contributed by atoms with Crippen LogP contribution in [0.2, 0.25) is 0 Å². The van der Waals surface area contributed by atoms with Crippen LogP contribution in [0.5, 0.6) is 0 Å². The third kappa shape index (κ3) is 1.83. The Morgan fingerprint density at radius 3 is 2.64 bits per heavy atom. The molecule has 1 heteroatoms. The zero-order valence-corrected chi connectivity index (χ0v) is 9.77. The van der Waals surface area contributed by atoms with Crippen molar-refractivity contribution in [2.24, 2.45) is 5.92 Å². The van der Waals surface area contributed by atoms with Crippen molar-refractivity contribution in [1.82, 2.24) is 0 Å². The van der Waals surface area contributed by atoms with Gasteiger partial charge in [0.15, 0.2) is 0 Å². The summed E-state index contributed by atoms with van der Waals surface area (Å²) in [5, 5.41) is 0. The van der Waals surface area contributed by atoms with Crippen LogP contribution in [-0.2, 0) is 0 Å². The van der Waals surface area contributed by atoms with Crippen LogP contribution in [0.15, 0.2) is 18.2 Å². The van der Waals surface area contributed by atoms with E-state index < -0.39 is 0 Å². The van der Waals surface area contributed by atoms with Crippen LogP contribution in [0.1, 0.15) is 42.0 Å². The maximum atomic E-state index is 2.32. The van der Waals surface area contributed by atoms with Gasteiger partial charge in [0, 0.05) is 9.75 Å². The summed E-state index contributed by atoms with van der Waals surface area (Å²) >= 11 is 1.92. The Morgan fingerprint density at radius 2 is 1.93 bits per heavy atom. The number of hydrogen-bond donors (Lipinski definition) is 0. The highest BCUT2D eigenvalue weighted by Crippen LogP contribution is 2.32. The zero-order valence-electron chi connectivity index (χ0n) is 8.95. The van der Waals surface area contributed by atoms with Gasteiger partial charge in [-0.05, 0) is 29.5 Å². The Bertz CT molecular complexity index is 348. The van der Waals surface area contributed by atoms with Crippen LogP contribution < -0.4 is 0 Å². The smallest absolute Gasteiger partial charge is 0.0342 e. The van der Waals surface area contributed by atoms with E-state index in [2.05, 4.69) is 51.1 Å². The normalized spacial score (nSPS) is 19.9. The summed E-state index contributed by atoms with van der Waals surface area (Å²) in [6, 6.07) is 2.32. The van der Waals surface area contributed by atoms with E-state index in [-0.39, 0.29) is 0 Å². The molecule has 0 radical (unpaired) electrons. The summed E-state index contributed by atoms with van der Waals surface area (Å²) < 4.78 is 0. The van der Waals surface area contributed by atoms with Gasteiger partial charge in [0.1, 0.15) is 0 Å². The Balaban J connectivity index is 2.41. The second-order valence-corrected chi connectivity index (χ2v) is 5.32.